The molecule has 1 unspecified atom stereocenters. The number of carbonyl (C=O) groups excluding carboxylic acids is 3. The summed E-state index contributed by atoms with van der Waals surface area (Å²) in [5, 5.41) is 14.3. The molecule has 3 N–H and O–H groups in total. The summed E-state index contributed by atoms with van der Waals surface area (Å²) < 4.78 is 24.8. The van der Waals surface area contributed by atoms with Crippen LogP contribution in [0.2, 0.25) is 0 Å². The monoisotopic (exact) mass is 470 g/mol. The first-order chi connectivity index (χ1) is 16.4. The first kappa shape index (κ1) is 24.9. The van der Waals surface area contributed by atoms with Gasteiger partial charge >= 0.3 is 5.97 Å². The van der Waals surface area contributed by atoms with E-state index in [1.54, 1.807) is 38.3 Å². The van der Waals surface area contributed by atoms with Gasteiger partial charge in [0.25, 0.3) is 5.91 Å². The number of rotatable bonds is 9. The van der Waals surface area contributed by atoms with Gasteiger partial charge in [0.1, 0.15) is 11.6 Å². The Morgan fingerprint density at radius 3 is 2.41 bits per heavy atom. The molecule has 0 saturated carbocycles. The quantitative estimate of drug-likeness (QED) is 0.486. The molecule has 8 nitrogen and oxygen atoms in total. The average molecular weight is 470 g/mol. The Kier molecular flexibility index (Phi) is 8.37. The molecular weight excluding hydrogens is 443 g/mol. The van der Waals surface area contributed by atoms with Crippen molar-refractivity contribution in [1.82, 2.24) is 5.32 Å². The van der Waals surface area contributed by atoms with E-state index in [0.29, 0.717) is 30.6 Å². The second-order valence-corrected chi connectivity index (χ2v) is 7.65. The van der Waals surface area contributed by atoms with E-state index in [2.05, 4.69) is 10.6 Å². The number of aliphatic hydroxyl groups is 1. The lowest BCUT2D eigenvalue weighted by Gasteiger charge is -2.16. The fourth-order valence-electron chi connectivity index (χ4n) is 3.71. The summed E-state index contributed by atoms with van der Waals surface area (Å²) in [7, 11) is 1.55. The van der Waals surface area contributed by atoms with Gasteiger partial charge < -0.3 is 25.2 Å². The van der Waals surface area contributed by atoms with Crippen LogP contribution in [0.4, 0.5) is 10.1 Å². The second-order valence-electron chi connectivity index (χ2n) is 7.65. The smallest absolute Gasteiger partial charge is 0.331 e. The molecule has 0 spiro atoms. The minimum Gasteiger partial charge on any atom is -0.497 e. The third-order valence-electron chi connectivity index (χ3n) is 5.45. The third kappa shape index (κ3) is 5.79. The molecule has 180 valence electrons. The molecule has 0 saturated heterocycles. The maximum absolute atomic E-state index is 14.8. The zero-order valence-corrected chi connectivity index (χ0v) is 19.0. The highest BCUT2D eigenvalue weighted by Crippen LogP contribution is 2.30. The molecule has 1 atom stereocenters. The summed E-state index contributed by atoms with van der Waals surface area (Å²) >= 11 is 0. The fourth-order valence-corrected chi connectivity index (χ4v) is 3.71. The van der Waals surface area contributed by atoms with Gasteiger partial charge in [-0.15, -0.1) is 0 Å². The van der Waals surface area contributed by atoms with E-state index in [-0.39, 0.29) is 23.4 Å². The Labute approximate surface area is 196 Å². The Bertz CT molecular complexity index is 1110. The number of anilines is 1. The van der Waals surface area contributed by atoms with Crippen molar-refractivity contribution in [3.63, 3.8) is 0 Å². The lowest BCUT2D eigenvalue weighted by molar-refractivity contribution is -0.148. The number of hydrogen-bond acceptors (Lipinski definition) is 6. The van der Waals surface area contributed by atoms with Gasteiger partial charge in [0.05, 0.1) is 26.0 Å². The van der Waals surface area contributed by atoms with Crippen molar-refractivity contribution in [1.29, 1.82) is 0 Å². The molecule has 2 amide bonds. The molecule has 0 bridgehead atoms. The highest BCUT2D eigenvalue weighted by Gasteiger charge is 2.29. The number of aliphatic hydroxyl groups excluding tert-OH is 1. The largest absolute Gasteiger partial charge is 0.497 e. The minimum atomic E-state index is -1.23. The number of benzene rings is 2. The molecule has 0 fully saturated rings. The van der Waals surface area contributed by atoms with Crippen molar-refractivity contribution in [2.24, 2.45) is 0 Å². The van der Waals surface area contributed by atoms with Gasteiger partial charge in [-0.05, 0) is 61.6 Å². The Balaban J connectivity index is 1.75. The van der Waals surface area contributed by atoms with Crippen LogP contribution in [0.1, 0.15) is 26.2 Å². The van der Waals surface area contributed by atoms with Gasteiger partial charge in [-0.2, -0.15) is 0 Å². The maximum atomic E-state index is 14.8. The van der Waals surface area contributed by atoms with Gasteiger partial charge in [-0.1, -0.05) is 18.2 Å². The summed E-state index contributed by atoms with van der Waals surface area (Å²) in [4.78, 5) is 37.3. The van der Waals surface area contributed by atoms with Crippen LogP contribution in [0.25, 0.3) is 11.1 Å². The standard InChI is InChI=1S/C25H27FN2O6/c1-3-34-25(32)22(14-29)28-24(31)19-9-5-8-18(19)23(30)27-21-11-10-16(13-20(21)26)15-6-4-7-17(12-15)33-2/h4,6-7,10-13,22,29H,3,5,8-9,14H2,1-2H3,(H,27,30)(H,28,31). The highest BCUT2D eigenvalue weighted by molar-refractivity contribution is 6.11. The highest BCUT2D eigenvalue weighted by atomic mass is 19.1. The molecule has 34 heavy (non-hydrogen) atoms. The summed E-state index contributed by atoms with van der Waals surface area (Å²) in [5.74, 6) is -1.97. The van der Waals surface area contributed by atoms with Crippen LogP contribution < -0.4 is 15.4 Å². The predicted molar refractivity (Wildman–Crippen MR) is 124 cm³/mol. The zero-order valence-electron chi connectivity index (χ0n) is 19.0. The Morgan fingerprint density at radius 2 is 1.76 bits per heavy atom. The molecule has 1 aliphatic rings. The zero-order chi connectivity index (χ0) is 24.7. The van der Waals surface area contributed by atoms with Crippen molar-refractivity contribution < 1.29 is 33.4 Å². The molecular formula is C25H27FN2O6. The second kappa shape index (κ2) is 11.4. The number of hydrogen-bond donors (Lipinski definition) is 3. The molecule has 9 heteroatoms. The first-order valence-electron chi connectivity index (χ1n) is 10.9. The topological polar surface area (TPSA) is 114 Å². The molecule has 3 rings (SSSR count). The van der Waals surface area contributed by atoms with Crippen LogP contribution in [0, 0.1) is 5.82 Å². The third-order valence-corrected chi connectivity index (χ3v) is 5.45. The number of carbonyl (C=O) groups is 3. The van der Waals surface area contributed by atoms with Gasteiger partial charge in [0, 0.05) is 11.1 Å². The molecule has 2 aromatic carbocycles. The van der Waals surface area contributed by atoms with Crippen molar-refractivity contribution in [3.8, 4) is 16.9 Å². The van der Waals surface area contributed by atoms with Crippen molar-refractivity contribution in [2.75, 3.05) is 25.6 Å². The number of ether oxygens (including phenoxy) is 2. The molecule has 1 aliphatic carbocycles. The maximum Gasteiger partial charge on any atom is 0.331 e. The van der Waals surface area contributed by atoms with Crippen LogP contribution in [0.15, 0.2) is 53.6 Å². The predicted octanol–water partition coefficient (Wildman–Crippen LogP) is 2.96. The normalized spacial score (nSPS) is 13.9. The van der Waals surface area contributed by atoms with E-state index in [9.17, 15) is 23.9 Å². The van der Waals surface area contributed by atoms with E-state index in [1.165, 1.54) is 12.1 Å². The summed E-state index contributed by atoms with van der Waals surface area (Å²) in [5.41, 5.74) is 1.77. The number of esters is 1. The van der Waals surface area contributed by atoms with Crippen LogP contribution in [-0.2, 0) is 19.1 Å². The van der Waals surface area contributed by atoms with Gasteiger partial charge in [0.15, 0.2) is 6.04 Å². The molecule has 0 heterocycles. The van der Waals surface area contributed by atoms with Gasteiger partial charge in [0.2, 0.25) is 5.91 Å². The van der Waals surface area contributed by atoms with Crippen LogP contribution in [-0.4, -0.2) is 49.3 Å². The average Bonchev–Trinajstić information content (AvgIpc) is 3.34. The molecule has 2 aromatic rings. The van der Waals surface area contributed by atoms with Crippen LogP contribution in [0.3, 0.4) is 0 Å². The van der Waals surface area contributed by atoms with E-state index in [4.69, 9.17) is 9.47 Å². The summed E-state index contributed by atoms with van der Waals surface area (Å²) in [6, 6.07) is 10.4. The van der Waals surface area contributed by atoms with E-state index in [1.807, 2.05) is 6.07 Å². The van der Waals surface area contributed by atoms with E-state index in [0.717, 1.165) is 5.56 Å². The van der Waals surface area contributed by atoms with Crippen molar-refractivity contribution >= 4 is 23.5 Å². The minimum absolute atomic E-state index is 0.0180. The Hall–Kier alpha value is -3.72. The number of amides is 2. The van der Waals surface area contributed by atoms with Crippen LogP contribution in [0.5, 0.6) is 5.75 Å². The number of nitrogens with one attached hydrogen (secondary N) is 2. The lowest BCUT2D eigenvalue weighted by atomic mass is 10.0. The molecule has 0 aliphatic heterocycles. The Morgan fingerprint density at radius 1 is 1.06 bits per heavy atom. The van der Waals surface area contributed by atoms with Gasteiger partial charge in [-0.3, -0.25) is 9.59 Å². The SMILES string of the molecule is CCOC(=O)C(CO)NC(=O)C1=C(C(=O)Nc2ccc(-c3cccc(OC)c3)cc2F)CCC1. The molecule has 0 aromatic heterocycles. The molecule has 0 radical (unpaired) electrons. The van der Waals surface area contributed by atoms with Crippen LogP contribution >= 0.6 is 0 Å². The van der Waals surface area contributed by atoms with Crippen molar-refractivity contribution in [2.45, 2.75) is 32.2 Å². The summed E-state index contributed by atoms with van der Waals surface area (Å²) in [6.45, 7) is 1.08. The number of halogens is 1. The lowest BCUT2D eigenvalue weighted by Crippen LogP contribution is -2.45. The fraction of sp³-hybridized carbons (Fsp3) is 0.320. The van der Waals surface area contributed by atoms with Crippen molar-refractivity contribution in [3.05, 3.63) is 59.4 Å². The van der Waals surface area contributed by atoms with E-state index < -0.39 is 36.2 Å². The number of methoxy groups -OCH3 is 1. The first-order valence-corrected chi connectivity index (χ1v) is 10.9. The summed E-state index contributed by atoms with van der Waals surface area (Å²) in [6.07, 6.45) is 1.22. The van der Waals surface area contributed by atoms with E-state index >= 15 is 0 Å². The van der Waals surface area contributed by atoms with Gasteiger partial charge in [-0.25, -0.2) is 9.18 Å².